The smallest absolute Gasteiger partial charge is 0.332 e. The van der Waals surface area contributed by atoms with Crippen molar-refractivity contribution in [3.63, 3.8) is 0 Å². The molecule has 0 aliphatic heterocycles. The summed E-state index contributed by atoms with van der Waals surface area (Å²) in [6.07, 6.45) is 5.00. The van der Waals surface area contributed by atoms with E-state index in [1.165, 1.54) is 5.56 Å². The van der Waals surface area contributed by atoms with Gasteiger partial charge in [0.25, 0.3) is 0 Å². The van der Waals surface area contributed by atoms with E-state index in [2.05, 4.69) is 43.4 Å². The highest BCUT2D eigenvalue weighted by atomic mass is 32.2. The number of rotatable bonds is 11. The van der Waals surface area contributed by atoms with Gasteiger partial charge in [-0.25, -0.2) is 13.2 Å². The van der Waals surface area contributed by atoms with E-state index in [4.69, 9.17) is 4.74 Å². The average Bonchev–Trinajstić information content (AvgIpc) is 3.31. The van der Waals surface area contributed by atoms with Gasteiger partial charge in [-0.3, -0.25) is 0 Å². The van der Waals surface area contributed by atoms with E-state index < -0.39 is 27.3 Å². The molecule has 3 aromatic carbocycles. The molecule has 5 rings (SSSR count). The van der Waals surface area contributed by atoms with Crippen molar-refractivity contribution < 1.29 is 17.9 Å². The zero-order valence-corrected chi connectivity index (χ0v) is 24.2. The van der Waals surface area contributed by atoms with Crippen molar-refractivity contribution in [2.45, 2.75) is 63.5 Å². The van der Waals surface area contributed by atoms with E-state index in [0.717, 1.165) is 30.5 Å². The molecule has 2 aliphatic rings. The second-order valence-electron chi connectivity index (χ2n) is 11.8. The Bertz CT molecular complexity index is 1390. The molecule has 0 heterocycles. The van der Waals surface area contributed by atoms with Gasteiger partial charge >= 0.3 is 5.97 Å². The van der Waals surface area contributed by atoms with Crippen LogP contribution in [0.3, 0.4) is 0 Å². The maximum atomic E-state index is 13.5. The van der Waals surface area contributed by atoms with Crippen LogP contribution in [0.2, 0.25) is 0 Å². The fourth-order valence-corrected chi connectivity index (χ4v) is 8.94. The molecular weight excluding hydrogens is 518 g/mol. The Balaban J connectivity index is 1.35. The lowest BCUT2D eigenvalue weighted by Gasteiger charge is -2.41. The van der Waals surface area contributed by atoms with Gasteiger partial charge in [0.05, 0.1) is 10.6 Å². The molecule has 0 amide bonds. The van der Waals surface area contributed by atoms with Crippen molar-refractivity contribution in [1.29, 1.82) is 0 Å². The van der Waals surface area contributed by atoms with Gasteiger partial charge in [0.1, 0.15) is 6.10 Å². The Kier molecular flexibility index (Phi) is 8.18. The number of carbonyl (C=O) groups excluding carboxylic acids is 1. The molecule has 0 saturated heterocycles. The maximum Gasteiger partial charge on any atom is 0.332 e. The van der Waals surface area contributed by atoms with E-state index in [1.54, 1.807) is 30.3 Å². The average molecular weight is 558 g/mol. The van der Waals surface area contributed by atoms with Crippen LogP contribution in [-0.4, -0.2) is 26.2 Å². The highest BCUT2D eigenvalue weighted by Crippen LogP contribution is 2.67. The molecule has 0 unspecified atom stereocenters. The maximum absolute atomic E-state index is 13.5. The zero-order valence-electron chi connectivity index (χ0n) is 23.4. The number of benzene rings is 3. The Morgan fingerprint density at radius 1 is 0.925 bits per heavy atom. The standard InChI is InChI=1S/C34H39NO4S/c1-33(2)28-20-21-34(33,25-40(37,38)30-16-10-5-11-17-30)31(22-28)39-32(36)23-29(19-18-26-12-6-3-7-13-26)35-24-27-14-8-4-9-15-27/h3-17,23,28,31,35H,18-22,24-25H2,1-2H3/b29-23-/t28-,31-,34-/m0/s1. The highest BCUT2D eigenvalue weighted by Gasteiger charge is 2.66. The van der Waals surface area contributed by atoms with Crippen molar-refractivity contribution in [2.75, 3.05) is 5.75 Å². The van der Waals surface area contributed by atoms with E-state index >= 15 is 0 Å². The van der Waals surface area contributed by atoms with Crippen molar-refractivity contribution >= 4 is 15.8 Å². The molecule has 2 saturated carbocycles. The van der Waals surface area contributed by atoms with E-state index in [0.29, 0.717) is 30.2 Å². The highest BCUT2D eigenvalue weighted by molar-refractivity contribution is 7.91. The Hall–Kier alpha value is -3.38. The first kappa shape index (κ1) is 28.2. The summed E-state index contributed by atoms with van der Waals surface area (Å²) in [6, 6.07) is 28.9. The molecule has 3 atom stereocenters. The Morgan fingerprint density at radius 2 is 1.52 bits per heavy atom. The summed E-state index contributed by atoms with van der Waals surface area (Å²) in [5.74, 6) is -0.0927. The minimum Gasteiger partial charge on any atom is -0.459 e. The predicted molar refractivity (Wildman–Crippen MR) is 158 cm³/mol. The topological polar surface area (TPSA) is 72.5 Å². The van der Waals surface area contributed by atoms with Gasteiger partial charge in [0.2, 0.25) is 0 Å². The van der Waals surface area contributed by atoms with E-state index in [1.807, 2.05) is 42.5 Å². The molecular formula is C34H39NO4S. The molecule has 5 nitrogen and oxygen atoms in total. The summed E-state index contributed by atoms with van der Waals surface area (Å²) in [7, 11) is -3.55. The lowest BCUT2D eigenvalue weighted by molar-refractivity contribution is -0.150. The fourth-order valence-electron chi connectivity index (χ4n) is 6.82. The van der Waals surface area contributed by atoms with Crippen LogP contribution >= 0.6 is 0 Å². The minimum absolute atomic E-state index is 0.0116. The number of sulfone groups is 1. The number of aryl methyl sites for hydroxylation is 1. The molecule has 210 valence electrons. The number of nitrogens with one attached hydrogen (secondary N) is 1. The quantitative estimate of drug-likeness (QED) is 0.215. The van der Waals surface area contributed by atoms with Crippen LogP contribution in [0.5, 0.6) is 0 Å². The minimum atomic E-state index is -3.55. The normalized spacial score (nSPS) is 23.6. The third-order valence-corrected chi connectivity index (χ3v) is 11.2. The summed E-state index contributed by atoms with van der Waals surface area (Å²) in [4.78, 5) is 13.7. The molecule has 0 radical (unpaired) electrons. The molecule has 3 aromatic rings. The number of carbonyl (C=O) groups is 1. The van der Waals surface area contributed by atoms with Gasteiger partial charge in [0, 0.05) is 23.7 Å². The molecule has 0 spiro atoms. The van der Waals surface area contributed by atoms with Crippen molar-refractivity contribution in [3.05, 3.63) is 114 Å². The summed E-state index contributed by atoms with van der Waals surface area (Å²) in [6.45, 7) is 4.91. The molecule has 2 fully saturated rings. The van der Waals surface area contributed by atoms with E-state index in [9.17, 15) is 13.2 Å². The summed E-state index contributed by atoms with van der Waals surface area (Å²) < 4.78 is 33.3. The van der Waals surface area contributed by atoms with Gasteiger partial charge in [-0.1, -0.05) is 92.7 Å². The van der Waals surface area contributed by atoms with Crippen LogP contribution in [0, 0.1) is 16.7 Å². The van der Waals surface area contributed by atoms with Gasteiger partial charge in [-0.2, -0.15) is 0 Å². The third-order valence-electron chi connectivity index (χ3n) is 9.35. The van der Waals surface area contributed by atoms with E-state index in [-0.39, 0.29) is 11.2 Å². The molecule has 1 N–H and O–H groups in total. The Labute approximate surface area is 238 Å². The van der Waals surface area contributed by atoms with Crippen LogP contribution < -0.4 is 5.32 Å². The number of hydrogen-bond acceptors (Lipinski definition) is 5. The first-order valence-corrected chi connectivity index (χ1v) is 15.9. The zero-order chi connectivity index (χ0) is 28.2. The first-order valence-electron chi connectivity index (χ1n) is 14.2. The molecule has 2 aliphatic carbocycles. The SMILES string of the molecule is CC1(C)[C@H]2CC[C@]1(CS(=O)(=O)c1ccccc1)[C@@H](OC(=O)/C=C(/CCc1ccccc1)NCc1ccccc1)C2. The molecule has 0 aromatic heterocycles. The number of esters is 1. The Morgan fingerprint density at radius 3 is 2.15 bits per heavy atom. The number of ether oxygens (including phenoxy) is 1. The number of fused-ring (bicyclic) bond motifs is 2. The number of allylic oxidation sites excluding steroid dienone is 1. The molecule has 2 bridgehead atoms. The predicted octanol–water partition coefficient (Wildman–Crippen LogP) is 6.50. The van der Waals surface area contributed by atoms with Crippen LogP contribution in [0.15, 0.2) is 108 Å². The van der Waals surface area contributed by atoms with Gasteiger partial charge in [0.15, 0.2) is 9.84 Å². The third kappa shape index (κ3) is 5.87. The summed E-state index contributed by atoms with van der Waals surface area (Å²) >= 11 is 0. The monoisotopic (exact) mass is 557 g/mol. The second kappa shape index (κ2) is 11.6. The molecule has 40 heavy (non-hydrogen) atoms. The molecule has 6 heteroatoms. The summed E-state index contributed by atoms with van der Waals surface area (Å²) in [5, 5.41) is 3.45. The van der Waals surface area contributed by atoms with Gasteiger partial charge < -0.3 is 10.1 Å². The lowest BCUT2D eigenvalue weighted by Crippen LogP contribution is -2.46. The second-order valence-corrected chi connectivity index (χ2v) is 13.8. The first-order chi connectivity index (χ1) is 19.2. The van der Waals surface area contributed by atoms with Crippen LogP contribution in [0.25, 0.3) is 0 Å². The van der Waals surface area contributed by atoms with Crippen LogP contribution in [0.1, 0.15) is 50.7 Å². The van der Waals surface area contributed by atoms with Crippen molar-refractivity contribution in [1.82, 2.24) is 5.32 Å². The lowest BCUT2D eigenvalue weighted by atomic mass is 9.69. The number of hydrogen-bond donors (Lipinski definition) is 1. The van der Waals surface area contributed by atoms with Gasteiger partial charge in [-0.05, 0) is 66.7 Å². The van der Waals surface area contributed by atoms with Crippen LogP contribution in [0.4, 0.5) is 0 Å². The van der Waals surface area contributed by atoms with Crippen LogP contribution in [-0.2, 0) is 32.3 Å². The summed E-state index contributed by atoms with van der Waals surface area (Å²) in [5.41, 5.74) is 2.28. The van der Waals surface area contributed by atoms with Gasteiger partial charge in [-0.15, -0.1) is 0 Å². The fraction of sp³-hybridized carbons (Fsp3) is 0.382. The van der Waals surface area contributed by atoms with Crippen molar-refractivity contribution in [3.8, 4) is 0 Å². The largest absolute Gasteiger partial charge is 0.459 e. The van der Waals surface area contributed by atoms with Crippen molar-refractivity contribution in [2.24, 2.45) is 16.7 Å².